The highest BCUT2D eigenvalue weighted by atomic mass is 16.6. The van der Waals surface area contributed by atoms with Crippen molar-refractivity contribution < 1.29 is 19.1 Å². The zero-order valence-corrected chi connectivity index (χ0v) is 12.8. The molecule has 0 heterocycles. The number of rotatable bonds is 2. The molecule has 0 aliphatic heterocycles. The molecule has 0 aromatic carbocycles. The summed E-state index contributed by atoms with van der Waals surface area (Å²) in [6.45, 7) is 3.27. The van der Waals surface area contributed by atoms with Crippen molar-refractivity contribution in [3.63, 3.8) is 0 Å². The molecule has 4 nitrogen and oxygen atoms in total. The zero-order valence-electron chi connectivity index (χ0n) is 12.8. The molecule has 0 spiro atoms. The fourth-order valence-electron chi connectivity index (χ4n) is 3.96. The van der Waals surface area contributed by atoms with Crippen LogP contribution in [0, 0.1) is 17.8 Å². The van der Waals surface area contributed by atoms with Gasteiger partial charge in [-0.05, 0) is 24.7 Å². The summed E-state index contributed by atoms with van der Waals surface area (Å²) in [6.07, 6.45) is 5.70. The first-order valence-electron chi connectivity index (χ1n) is 7.77. The summed E-state index contributed by atoms with van der Waals surface area (Å²) in [5.41, 5.74) is 0. The normalized spacial score (nSPS) is 38.5. The van der Waals surface area contributed by atoms with Crippen LogP contribution in [0.15, 0.2) is 0 Å². The predicted octanol–water partition coefficient (Wildman–Crippen LogP) is 2.74. The van der Waals surface area contributed by atoms with Crippen molar-refractivity contribution in [2.24, 2.45) is 17.8 Å². The van der Waals surface area contributed by atoms with Crippen molar-refractivity contribution in [3.8, 4) is 0 Å². The zero-order chi connectivity index (χ0) is 14.7. The van der Waals surface area contributed by atoms with Crippen molar-refractivity contribution in [3.05, 3.63) is 0 Å². The lowest BCUT2D eigenvalue weighted by molar-refractivity contribution is -0.169. The summed E-state index contributed by atoms with van der Waals surface area (Å²) in [7, 11) is 1.67. The van der Waals surface area contributed by atoms with Crippen molar-refractivity contribution in [1.29, 1.82) is 0 Å². The standard InChI is InChI=1S/C16H26O4/c1-10-14(18)9-8-12-6-4-5-7-13(12)16(19-3)15(10)20-11(2)17/h10,12-13,15-16H,4-9H2,1-3H3/t10?,12-,13+,15-,16+/m1/s1. The fourth-order valence-corrected chi connectivity index (χ4v) is 3.96. The molecule has 0 amide bonds. The molecular weight excluding hydrogens is 256 g/mol. The molecule has 0 saturated heterocycles. The van der Waals surface area contributed by atoms with Crippen molar-refractivity contribution in [1.82, 2.24) is 0 Å². The summed E-state index contributed by atoms with van der Waals surface area (Å²) in [6, 6.07) is 0. The Balaban J connectivity index is 2.27. The molecule has 2 rings (SSSR count). The first-order valence-corrected chi connectivity index (χ1v) is 7.77. The smallest absolute Gasteiger partial charge is 0.303 e. The minimum atomic E-state index is -0.434. The number of esters is 1. The van der Waals surface area contributed by atoms with Gasteiger partial charge in [-0.25, -0.2) is 0 Å². The molecule has 20 heavy (non-hydrogen) atoms. The van der Waals surface area contributed by atoms with E-state index in [4.69, 9.17) is 9.47 Å². The SMILES string of the molecule is CO[C@H]1[C@H]2CCCC[C@@H]2CCC(=O)C(C)[C@H]1OC(C)=O. The van der Waals surface area contributed by atoms with E-state index in [1.165, 1.54) is 26.2 Å². The molecule has 2 saturated carbocycles. The van der Waals surface area contributed by atoms with E-state index < -0.39 is 6.10 Å². The van der Waals surface area contributed by atoms with Gasteiger partial charge in [0.05, 0.1) is 12.0 Å². The van der Waals surface area contributed by atoms with Gasteiger partial charge < -0.3 is 9.47 Å². The van der Waals surface area contributed by atoms with Gasteiger partial charge >= 0.3 is 5.97 Å². The maximum Gasteiger partial charge on any atom is 0.303 e. The molecule has 0 N–H and O–H groups in total. The van der Waals surface area contributed by atoms with Crippen LogP contribution in [0.2, 0.25) is 0 Å². The molecule has 2 aliphatic carbocycles. The first-order chi connectivity index (χ1) is 9.54. The molecule has 0 bridgehead atoms. The Morgan fingerprint density at radius 2 is 1.85 bits per heavy atom. The number of fused-ring (bicyclic) bond motifs is 1. The maximum absolute atomic E-state index is 12.2. The van der Waals surface area contributed by atoms with Crippen LogP contribution in [0.4, 0.5) is 0 Å². The molecule has 1 unspecified atom stereocenters. The summed E-state index contributed by atoms with van der Waals surface area (Å²) >= 11 is 0. The second-order valence-corrected chi connectivity index (χ2v) is 6.28. The van der Waals surface area contributed by atoms with Crippen LogP contribution < -0.4 is 0 Å². The molecule has 114 valence electrons. The Morgan fingerprint density at radius 1 is 1.15 bits per heavy atom. The highest BCUT2D eigenvalue weighted by Crippen LogP contribution is 2.41. The number of methoxy groups -OCH3 is 1. The van der Waals surface area contributed by atoms with E-state index in [2.05, 4.69) is 0 Å². The molecule has 4 heteroatoms. The van der Waals surface area contributed by atoms with Crippen molar-refractivity contribution in [2.75, 3.05) is 7.11 Å². The predicted molar refractivity (Wildman–Crippen MR) is 75.2 cm³/mol. The lowest BCUT2D eigenvalue weighted by Gasteiger charge is -2.42. The van der Waals surface area contributed by atoms with E-state index in [1.54, 1.807) is 7.11 Å². The van der Waals surface area contributed by atoms with Crippen LogP contribution in [0.25, 0.3) is 0 Å². The van der Waals surface area contributed by atoms with Gasteiger partial charge in [-0.3, -0.25) is 9.59 Å². The van der Waals surface area contributed by atoms with Gasteiger partial charge in [-0.15, -0.1) is 0 Å². The van der Waals surface area contributed by atoms with E-state index in [0.29, 0.717) is 18.3 Å². The molecule has 0 aromatic rings. The van der Waals surface area contributed by atoms with Crippen molar-refractivity contribution >= 4 is 11.8 Å². The third kappa shape index (κ3) is 3.22. The Morgan fingerprint density at radius 3 is 2.50 bits per heavy atom. The van der Waals surface area contributed by atoms with Crippen LogP contribution in [0.3, 0.4) is 0 Å². The minimum Gasteiger partial charge on any atom is -0.459 e. The number of hydrogen-bond donors (Lipinski definition) is 0. The van der Waals surface area contributed by atoms with Gasteiger partial charge in [0.25, 0.3) is 0 Å². The van der Waals surface area contributed by atoms with Gasteiger partial charge in [-0.2, -0.15) is 0 Å². The highest BCUT2D eigenvalue weighted by molar-refractivity contribution is 5.82. The van der Waals surface area contributed by atoms with Crippen molar-refractivity contribution in [2.45, 2.75) is 64.6 Å². The quantitative estimate of drug-likeness (QED) is 0.731. The average Bonchev–Trinajstić information content (AvgIpc) is 2.43. The number of ketones is 1. The van der Waals surface area contributed by atoms with Gasteiger partial charge in [0.15, 0.2) is 0 Å². The number of carbonyl (C=O) groups is 2. The summed E-state index contributed by atoms with van der Waals surface area (Å²) in [5, 5.41) is 0. The average molecular weight is 282 g/mol. The summed E-state index contributed by atoms with van der Waals surface area (Å²) in [5.74, 6) is 0.538. The third-order valence-corrected chi connectivity index (χ3v) is 5.05. The molecule has 0 aromatic heterocycles. The lowest BCUT2D eigenvalue weighted by atomic mass is 9.69. The maximum atomic E-state index is 12.2. The third-order valence-electron chi connectivity index (χ3n) is 5.05. The van der Waals surface area contributed by atoms with E-state index in [1.807, 2.05) is 6.92 Å². The molecule has 0 radical (unpaired) electrons. The Labute approximate surface area is 121 Å². The second-order valence-electron chi connectivity index (χ2n) is 6.28. The summed E-state index contributed by atoms with van der Waals surface area (Å²) < 4.78 is 11.2. The second kappa shape index (κ2) is 6.70. The monoisotopic (exact) mass is 282 g/mol. The minimum absolute atomic E-state index is 0.150. The van der Waals surface area contributed by atoms with Gasteiger partial charge in [-0.1, -0.05) is 26.2 Å². The lowest BCUT2D eigenvalue weighted by Crippen LogP contribution is -2.49. The van der Waals surface area contributed by atoms with Gasteiger partial charge in [0, 0.05) is 20.5 Å². The Hall–Kier alpha value is -0.900. The number of ether oxygens (including phenoxy) is 2. The fraction of sp³-hybridized carbons (Fsp3) is 0.875. The number of hydrogen-bond acceptors (Lipinski definition) is 4. The highest BCUT2D eigenvalue weighted by Gasteiger charge is 2.44. The summed E-state index contributed by atoms with van der Waals surface area (Å²) in [4.78, 5) is 23.6. The molecular formula is C16H26O4. The number of Topliss-reactive ketones (excluding diaryl/α,β-unsaturated/α-hetero) is 1. The Kier molecular flexibility index (Phi) is 5.19. The molecule has 2 aliphatic rings. The van der Waals surface area contributed by atoms with E-state index in [0.717, 1.165) is 12.8 Å². The van der Waals surface area contributed by atoms with Crippen LogP contribution in [0.5, 0.6) is 0 Å². The van der Waals surface area contributed by atoms with Gasteiger partial charge in [0.2, 0.25) is 0 Å². The molecule has 5 atom stereocenters. The van der Waals surface area contributed by atoms with E-state index in [9.17, 15) is 9.59 Å². The van der Waals surface area contributed by atoms with Crippen LogP contribution in [-0.4, -0.2) is 31.1 Å². The topological polar surface area (TPSA) is 52.6 Å². The molecule has 2 fully saturated rings. The van der Waals surface area contributed by atoms with Crippen LogP contribution in [-0.2, 0) is 19.1 Å². The van der Waals surface area contributed by atoms with Crippen LogP contribution in [0.1, 0.15) is 52.4 Å². The van der Waals surface area contributed by atoms with Gasteiger partial charge in [0.1, 0.15) is 11.9 Å². The Bertz CT molecular complexity index is 365. The number of carbonyl (C=O) groups excluding carboxylic acids is 2. The largest absolute Gasteiger partial charge is 0.459 e. The van der Waals surface area contributed by atoms with E-state index >= 15 is 0 Å². The first kappa shape index (κ1) is 15.5. The van der Waals surface area contributed by atoms with Crippen LogP contribution >= 0.6 is 0 Å². The van der Waals surface area contributed by atoms with E-state index in [-0.39, 0.29) is 23.8 Å².